The third-order valence-electron chi connectivity index (χ3n) is 4.76. The van der Waals surface area contributed by atoms with Crippen LogP contribution in [-0.4, -0.2) is 35.1 Å². The van der Waals surface area contributed by atoms with Crippen molar-refractivity contribution in [2.45, 2.75) is 72.8 Å². The number of aliphatic hydroxyl groups excluding tert-OH is 1. The maximum absolute atomic E-state index is 12.6. The summed E-state index contributed by atoms with van der Waals surface area (Å²) in [7, 11) is 0. The second-order valence-corrected chi connectivity index (χ2v) is 7.62. The molecule has 0 saturated heterocycles. The Labute approximate surface area is 124 Å². The Hall–Kier alpha value is -0.570. The van der Waals surface area contributed by atoms with E-state index in [0.717, 1.165) is 18.8 Å². The van der Waals surface area contributed by atoms with E-state index in [1.54, 1.807) is 0 Å². The Morgan fingerprint density at radius 3 is 2.15 bits per heavy atom. The number of hydrogen-bond donors (Lipinski definition) is 1. The monoisotopic (exact) mass is 283 g/mol. The second-order valence-electron chi connectivity index (χ2n) is 7.62. The summed E-state index contributed by atoms with van der Waals surface area (Å²) in [4.78, 5) is 14.6. The molecule has 0 unspecified atom stereocenters. The van der Waals surface area contributed by atoms with Crippen molar-refractivity contribution in [3.8, 4) is 0 Å². The molecule has 0 bridgehead atoms. The van der Waals surface area contributed by atoms with Crippen LogP contribution in [0.1, 0.15) is 66.7 Å². The fourth-order valence-corrected chi connectivity index (χ4v) is 3.30. The van der Waals surface area contributed by atoms with Gasteiger partial charge in [0.1, 0.15) is 0 Å². The van der Waals surface area contributed by atoms with Gasteiger partial charge in [-0.1, -0.05) is 20.8 Å². The van der Waals surface area contributed by atoms with Crippen LogP contribution in [-0.2, 0) is 4.79 Å². The van der Waals surface area contributed by atoms with Crippen molar-refractivity contribution in [2.24, 2.45) is 17.3 Å². The Morgan fingerprint density at radius 1 is 1.20 bits per heavy atom. The van der Waals surface area contributed by atoms with Gasteiger partial charge in [-0.2, -0.15) is 0 Å². The molecular formula is C17H33NO2. The van der Waals surface area contributed by atoms with Gasteiger partial charge in [0.25, 0.3) is 0 Å². The topological polar surface area (TPSA) is 40.5 Å². The molecule has 0 atom stereocenters. The predicted octanol–water partition coefficient (Wildman–Crippen LogP) is 3.46. The van der Waals surface area contributed by atoms with Crippen molar-refractivity contribution < 1.29 is 9.90 Å². The highest BCUT2D eigenvalue weighted by atomic mass is 16.3. The van der Waals surface area contributed by atoms with Crippen molar-refractivity contribution in [3.05, 3.63) is 0 Å². The average molecular weight is 283 g/mol. The van der Waals surface area contributed by atoms with E-state index in [-0.39, 0.29) is 18.6 Å². The Bertz CT molecular complexity index is 299. The number of nitrogens with zero attached hydrogens (tertiary/aromatic N) is 1. The van der Waals surface area contributed by atoms with Crippen LogP contribution < -0.4 is 0 Å². The summed E-state index contributed by atoms with van der Waals surface area (Å²) >= 11 is 0. The normalized spacial score (nSPS) is 23.9. The molecule has 1 fully saturated rings. The first kappa shape index (κ1) is 17.5. The van der Waals surface area contributed by atoms with Gasteiger partial charge in [0.2, 0.25) is 5.91 Å². The first-order valence-corrected chi connectivity index (χ1v) is 8.18. The van der Waals surface area contributed by atoms with E-state index in [0.29, 0.717) is 24.3 Å². The molecule has 3 nitrogen and oxygen atoms in total. The number of amides is 1. The number of rotatable bonds is 5. The zero-order valence-electron chi connectivity index (χ0n) is 14.0. The fourth-order valence-electron chi connectivity index (χ4n) is 3.30. The van der Waals surface area contributed by atoms with Gasteiger partial charge in [-0.3, -0.25) is 4.79 Å². The number of carbonyl (C=O) groups excluding carboxylic acids is 1. The predicted molar refractivity (Wildman–Crippen MR) is 83.5 cm³/mol. The van der Waals surface area contributed by atoms with E-state index in [1.165, 1.54) is 12.8 Å². The molecule has 1 aliphatic rings. The molecule has 0 aromatic carbocycles. The van der Waals surface area contributed by atoms with Gasteiger partial charge in [0, 0.05) is 25.1 Å². The smallest absolute Gasteiger partial charge is 0.225 e. The lowest BCUT2D eigenvalue weighted by Crippen LogP contribution is -2.43. The van der Waals surface area contributed by atoms with Gasteiger partial charge in [0.15, 0.2) is 0 Å². The third kappa shape index (κ3) is 4.76. The summed E-state index contributed by atoms with van der Waals surface area (Å²) in [5, 5.41) is 8.98. The zero-order valence-corrected chi connectivity index (χ0v) is 14.0. The highest BCUT2D eigenvalue weighted by molar-refractivity contribution is 5.79. The van der Waals surface area contributed by atoms with Crippen molar-refractivity contribution in [1.29, 1.82) is 0 Å². The second kappa shape index (κ2) is 7.44. The SMILES string of the molecule is CC(C)N(CCCO)C(=O)C1CCC(C(C)(C)C)CC1. The first-order chi connectivity index (χ1) is 9.27. The minimum Gasteiger partial charge on any atom is -0.396 e. The molecule has 0 spiro atoms. The molecule has 1 rings (SSSR count). The summed E-state index contributed by atoms with van der Waals surface area (Å²) in [5.41, 5.74) is 0.364. The van der Waals surface area contributed by atoms with E-state index in [1.807, 2.05) is 4.90 Å². The minimum absolute atomic E-state index is 0.160. The molecule has 1 aliphatic carbocycles. The van der Waals surface area contributed by atoms with Crippen LogP contribution in [0.25, 0.3) is 0 Å². The van der Waals surface area contributed by atoms with Crippen LogP contribution in [0, 0.1) is 17.3 Å². The summed E-state index contributed by atoms with van der Waals surface area (Å²) in [6, 6.07) is 0.231. The average Bonchev–Trinajstić information content (AvgIpc) is 2.37. The van der Waals surface area contributed by atoms with Gasteiger partial charge in [-0.25, -0.2) is 0 Å². The molecule has 0 aliphatic heterocycles. The van der Waals surface area contributed by atoms with Gasteiger partial charge in [-0.05, 0) is 57.3 Å². The molecule has 0 aromatic heterocycles. The van der Waals surface area contributed by atoms with Crippen molar-refractivity contribution in [3.63, 3.8) is 0 Å². The molecule has 0 aromatic rings. The van der Waals surface area contributed by atoms with E-state index in [2.05, 4.69) is 34.6 Å². The molecule has 0 radical (unpaired) electrons. The van der Waals surface area contributed by atoms with Gasteiger partial charge in [0.05, 0.1) is 0 Å². The molecule has 118 valence electrons. The zero-order chi connectivity index (χ0) is 15.3. The van der Waals surface area contributed by atoms with E-state index in [4.69, 9.17) is 5.11 Å². The Balaban J connectivity index is 2.56. The molecule has 3 heteroatoms. The Morgan fingerprint density at radius 2 is 1.75 bits per heavy atom. The van der Waals surface area contributed by atoms with Crippen LogP contribution in [0.15, 0.2) is 0 Å². The number of carbonyl (C=O) groups is 1. The minimum atomic E-state index is 0.160. The summed E-state index contributed by atoms with van der Waals surface area (Å²) in [6.07, 6.45) is 5.09. The van der Waals surface area contributed by atoms with Crippen molar-refractivity contribution >= 4 is 5.91 Å². The summed E-state index contributed by atoms with van der Waals surface area (Å²) in [5.74, 6) is 1.26. The van der Waals surface area contributed by atoms with Crippen molar-refractivity contribution in [2.75, 3.05) is 13.2 Å². The standard InChI is InChI=1S/C17H33NO2/c1-13(2)18(11-6-12-19)16(20)14-7-9-15(10-8-14)17(3,4)5/h13-15,19H,6-12H2,1-5H3. The van der Waals surface area contributed by atoms with Crippen LogP contribution in [0.5, 0.6) is 0 Å². The van der Waals surface area contributed by atoms with E-state index in [9.17, 15) is 4.79 Å². The number of aliphatic hydroxyl groups is 1. The third-order valence-corrected chi connectivity index (χ3v) is 4.76. The van der Waals surface area contributed by atoms with Gasteiger partial charge < -0.3 is 10.0 Å². The first-order valence-electron chi connectivity index (χ1n) is 8.18. The molecule has 1 saturated carbocycles. The van der Waals surface area contributed by atoms with Crippen LogP contribution in [0.4, 0.5) is 0 Å². The van der Waals surface area contributed by atoms with Gasteiger partial charge >= 0.3 is 0 Å². The Kier molecular flexibility index (Phi) is 6.50. The maximum atomic E-state index is 12.6. The molecule has 0 heterocycles. The summed E-state index contributed by atoms with van der Waals surface area (Å²) < 4.78 is 0. The fraction of sp³-hybridized carbons (Fsp3) is 0.941. The quantitative estimate of drug-likeness (QED) is 0.839. The van der Waals surface area contributed by atoms with Crippen LogP contribution in [0.2, 0.25) is 0 Å². The maximum Gasteiger partial charge on any atom is 0.225 e. The lowest BCUT2D eigenvalue weighted by molar-refractivity contribution is -0.139. The molecular weight excluding hydrogens is 250 g/mol. The van der Waals surface area contributed by atoms with Crippen LogP contribution in [0.3, 0.4) is 0 Å². The van der Waals surface area contributed by atoms with E-state index < -0.39 is 0 Å². The lowest BCUT2D eigenvalue weighted by atomic mass is 9.69. The van der Waals surface area contributed by atoms with Gasteiger partial charge in [-0.15, -0.1) is 0 Å². The molecule has 1 N–H and O–H groups in total. The van der Waals surface area contributed by atoms with Crippen LogP contribution >= 0.6 is 0 Å². The highest BCUT2D eigenvalue weighted by Crippen LogP contribution is 2.40. The highest BCUT2D eigenvalue weighted by Gasteiger charge is 2.34. The largest absolute Gasteiger partial charge is 0.396 e. The lowest BCUT2D eigenvalue weighted by Gasteiger charge is -2.38. The number of hydrogen-bond acceptors (Lipinski definition) is 2. The summed E-state index contributed by atoms with van der Waals surface area (Å²) in [6.45, 7) is 11.9. The van der Waals surface area contributed by atoms with E-state index >= 15 is 0 Å². The molecule has 20 heavy (non-hydrogen) atoms. The molecule has 1 amide bonds. The van der Waals surface area contributed by atoms with Crippen molar-refractivity contribution in [1.82, 2.24) is 4.90 Å².